The van der Waals surface area contributed by atoms with Gasteiger partial charge < -0.3 is 19.5 Å². The van der Waals surface area contributed by atoms with Gasteiger partial charge in [-0.25, -0.2) is 4.98 Å². The van der Waals surface area contributed by atoms with Gasteiger partial charge in [0.25, 0.3) is 0 Å². The molecular weight excluding hydrogens is 420 g/mol. The Morgan fingerprint density at radius 1 is 1.07 bits per heavy atom. The summed E-state index contributed by atoms with van der Waals surface area (Å²) in [5.41, 5.74) is 1.99. The zero-order chi connectivity index (χ0) is 21.5. The molecule has 6 nitrogen and oxygen atoms in total. The summed E-state index contributed by atoms with van der Waals surface area (Å²) in [7, 11) is 4.74. The fourth-order valence-corrected chi connectivity index (χ4v) is 4.73. The van der Waals surface area contributed by atoms with E-state index in [2.05, 4.69) is 27.8 Å². The molecule has 0 atom stereocenters. The smallest absolute Gasteiger partial charge is 0.220 e. The molecule has 1 aromatic carbocycles. The number of benzene rings is 1. The SMILES string of the molecule is COc1cc(CCC(=O)NCCc2ccc(-c3csc(C)n3)s2)cc(OC)c1OC. The minimum absolute atomic E-state index is 0.0238. The summed E-state index contributed by atoms with van der Waals surface area (Å²) in [5, 5.41) is 6.15. The van der Waals surface area contributed by atoms with E-state index in [0.29, 0.717) is 36.6 Å². The number of aryl methyl sites for hydroxylation is 2. The molecule has 0 fully saturated rings. The monoisotopic (exact) mass is 446 g/mol. The molecule has 2 heterocycles. The van der Waals surface area contributed by atoms with E-state index in [-0.39, 0.29) is 5.91 Å². The van der Waals surface area contributed by atoms with Gasteiger partial charge in [0.15, 0.2) is 11.5 Å². The van der Waals surface area contributed by atoms with Crippen molar-refractivity contribution in [3.63, 3.8) is 0 Å². The van der Waals surface area contributed by atoms with Gasteiger partial charge >= 0.3 is 0 Å². The summed E-state index contributed by atoms with van der Waals surface area (Å²) in [6.45, 7) is 2.63. The number of aromatic nitrogens is 1. The number of thiazole rings is 1. The van der Waals surface area contributed by atoms with E-state index in [1.54, 1.807) is 44.0 Å². The first-order valence-electron chi connectivity index (χ1n) is 9.60. The van der Waals surface area contributed by atoms with E-state index in [1.165, 1.54) is 9.75 Å². The van der Waals surface area contributed by atoms with E-state index >= 15 is 0 Å². The average molecular weight is 447 g/mol. The van der Waals surface area contributed by atoms with Crippen molar-refractivity contribution in [1.82, 2.24) is 10.3 Å². The first-order chi connectivity index (χ1) is 14.5. The van der Waals surface area contributed by atoms with Crippen LogP contribution in [0.15, 0.2) is 29.6 Å². The molecular formula is C22H26N2O4S2. The van der Waals surface area contributed by atoms with E-state index in [4.69, 9.17) is 14.2 Å². The summed E-state index contributed by atoms with van der Waals surface area (Å²) in [5.74, 6) is 1.76. The van der Waals surface area contributed by atoms with Crippen LogP contribution in [0.3, 0.4) is 0 Å². The van der Waals surface area contributed by atoms with Crippen LogP contribution in [-0.2, 0) is 17.6 Å². The Morgan fingerprint density at radius 3 is 2.40 bits per heavy atom. The van der Waals surface area contributed by atoms with Crippen LogP contribution in [0.1, 0.15) is 21.9 Å². The third-order valence-corrected chi connectivity index (χ3v) is 6.53. The van der Waals surface area contributed by atoms with E-state index in [9.17, 15) is 4.79 Å². The Morgan fingerprint density at radius 2 is 1.80 bits per heavy atom. The van der Waals surface area contributed by atoms with Crippen molar-refractivity contribution < 1.29 is 19.0 Å². The van der Waals surface area contributed by atoms with Gasteiger partial charge in [0.1, 0.15) is 0 Å². The number of carbonyl (C=O) groups excluding carboxylic acids is 1. The molecule has 30 heavy (non-hydrogen) atoms. The molecule has 0 aliphatic heterocycles. The quantitative estimate of drug-likeness (QED) is 0.497. The average Bonchev–Trinajstić information content (AvgIpc) is 3.40. The van der Waals surface area contributed by atoms with Crippen molar-refractivity contribution in [2.75, 3.05) is 27.9 Å². The van der Waals surface area contributed by atoms with Crippen molar-refractivity contribution in [1.29, 1.82) is 0 Å². The zero-order valence-corrected chi connectivity index (χ0v) is 19.2. The zero-order valence-electron chi connectivity index (χ0n) is 17.6. The number of hydrogen-bond acceptors (Lipinski definition) is 7. The second kappa shape index (κ2) is 10.4. The van der Waals surface area contributed by atoms with Crippen LogP contribution in [0.4, 0.5) is 0 Å². The van der Waals surface area contributed by atoms with Gasteiger partial charge in [-0.1, -0.05) is 0 Å². The Hall–Kier alpha value is -2.58. The lowest BCUT2D eigenvalue weighted by molar-refractivity contribution is -0.121. The van der Waals surface area contributed by atoms with Crippen LogP contribution in [0.25, 0.3) is 10.6 Å². The topological polar surface area (TPSA) is 69.7 Å². The van der Waals surface area contributed by atoms with Crippen LogP contribution in [0.5, 0.6) is 17.2 Å². The Kier molecular flexibility index (Phi) is 7.70. The van der Waals surface area contributed by atoms with Gasteiger partial charge in [-0.3, -0.25) is 4.79 Å². The number of amides is 1. The Bertz CT molecular complexity index is 972. The number of ether oxygens (including phenoxy) is 3. The van der Waals surface area contributed by atoms with E-state index in [1.807, 2.05) is 19.1 Å². The molecule has 0 saturated carbocycles. The highest BCUT2D eigenvalue weighted by Gasteiger charge is 2.14. The first kappa shape index (κ1) is 22.1. The first-order valence-corrected chi connectivity index (χ1v) is 11.3. The Labute approximate surface area is 184 Å². The molecule has 1 N–H and O–H groups in total. The summed E-state index contributed by atoms with van der Waals surface area (Å²) >= 11 is 3.38. The largest absolute Gasteiger partial charge is 0.493 e. The number of nitrogens with one attached hydrogen (secondary N) is 1. The summed E-state index contributed by atoms with van der Waals surface area (Å²) in [6.07, 6.45) is 1.80. The van der Waals surface area contributed by atoms with Gasteiger partial charge in [-0.05, 0) is 49.6 Å². The number of thiophene rings is 1. The second-order valence-corrected chi connectivity index (χ2v) is 8.88. The van der Waals surface area contributed by atoms with Crippen LogP contribution >= 0.6 is 22.7 Å². The van der Waals surface area contributed by atoms with Crippen molar-refractivity contribution >= 4 is 28.6 Å². The number of rotatable bonds is 10. The van der Waals surface area contributed by atoms with Gasteiger partial charge in [0.05, 0.1) is 36.9 Å². The highest BCUT2D eigenvalue weighted by Crippen LogP contribution is 2.38. The Balaban J connectivity index is 1.48. The van der Waals surface area contributed by atoms with Crippen LogP contribution in [0.2, 0.25) is 0 Å². The highest BCUT2D eigenvalue weighted by atomic mass is 32.1. The van der Waals surface area contributed by atoms with E-state index < -0.39 is 0 Å². The number of hydrogen-bond donors (Lipinski definition) is 1. The standard InChI is InChI=1S/C22H26N2O4S2/c1-14-24-17(13-29-14)20-7-6-16(30-20)9-10-23-21(25)8-5-15-11-18(26-2)22(28-4)19(12-15)27-3/h6-7,11-13H,5,8-10H2,1-4H3,(H,23,25). The fourth-order valence-electron chi connectivity index (χ4n) is 3.08. The predicted octanol–water partition coefficient (Wildman–Crippen LogP) is 4.50. The van der Waals surface area contributed by atoms with Crippen molar-refractivity contribution in [2.24, 2.45) is 0 Å². The molecule has 0 radical (unpaired) electrons. The van der Waals surface area contributed by atoms with Crippen LogP contribution in [0, 0.1) is 6.92 Å². The normalized spacial score (nSPS) is 10.7. The maximum atomic E-state index is 12.3. The van der Waals surface area contributed by atoms with E-state index in [0.717, 1.165) is 22.7 Å². The highest BCUT2D eigenvalue weighted by molar-refractivity contribution is 7.16. The molecule has 8 heteroatoms. The molecule has 0 aliphatic rings. The third-order valence-electron chi connectivity index (χ3n) is 4.59. The van der Waals surface area contributed by atoms with Crippen molar-refractivity contribution in [3.8, 4) is 27.8 Å². The molecule has 2 aromatic heterocycles. The van der Waals surface area contributed by atoms with Gasteiger partial charge in [0, 0.05) is 23.2 Å². The maximum Gasteiger partial charge on any atom is 0.220 e. The lowest BCUT2D eigenvalue weighted by atomic mass is 10.1. The second-order valence-electron chi connectivity index (χ2n) is 6.65. The molecule has 0 aliphatic carbocycles. The molecule has 3 aromatic rings. The molecule has 0 unspecified atom stereocenters. The van der Waals surface area contributed by atoms with Gasteiger partial charge in [-0.15, -0.1) is 22.7 Å². The van der Waals surface area contributed by atoms with Crippen molar-refractivity contribution in [3.05, 3.63) is 45.1 Å². The van der Waals surface area contributed by atoms with Gasteiger partial charge in [0.2, 0.25) is 11.7 Å². The molecule has 3 rings (SSSR count). The summed E-state index contributed by atoms with van der Waals surface area (Å²) < 4.78 is 16.1. The minimum Gasteiger partial charge on any atom is -0.493 e. The van der Waals surface area contributed by atoms with Gasteiger partial charge in [-0.2, -0.15) is 0 Å². The minimum atomic E-state index is 0.0238. The fraction of sp³-hybridized carbons (Fsp3) is 0.364. The summed E-state index contributed by atoms with van der Waals surface area (Å²) in [6, 6.07) is 7.96. The van der Waals surface area contributed by atoms with Crippen molar-refractivity contribution in [2.45, 2.75) is 26.2 Å². The lowest BCUT2D eigenvalue weighted by Gasteiger charge is -2.14. The van der Waals surface area contributed by atoms with Crippen LogP contribution in [-0.4, -0.2) is 38.8 Å². The predicted molar refractivity (Wildman–Crippen MR) is 121 cm³/mol. The molecule has 160 valence electrons. The molecule has 0 bridgehead atoms. The third kappa shape index (κ3) is 5.52. The number of nitrogens with zero attached hydrogens (tertiary/aromatic N) is 1. The summed E-state index contributed by atoms with van der Waals surface area (Å²) in [4.78, 5) is 19.2. The maximum absolute atomic E-state index is 12.3. The molecule has 1 amide bonds. The number of carbonyl (C=O) groups is 1. The lowest BCUT2D eigenvalue weighted by Crippen LogP contribution is -2.25. The number of methoxy groups -OCH3 is 3. The van der Waals surface area contributed by atoms with Crippen LogP contribution < -0.4 is 19.5 Å². The molecule has 0 saturated heterocycles. The molecule has 0 spiro atoms.